The normalized spacial score (nSPS) is 15.7. The summed E-state index contributed by atoms with van der Waals surface area (Å²) >= 11 is 0. The van der Waals surface area contributed by atoms with Gasteiger partial charge >= 0.3 is 5.97 Å². The van der Waals surface area contributed by atoms with E-state index in [0.717, 1.165) is 11.8 Å². The van der Waals surface area contributed by atoms with E-state index in [2.05, 4.69) is 10.1 Å². The van der Waals surface area contributed by atoms with Crippen molar-refractivity contribution in [1.82, 2.24) is 10.1 Å². The largest absolute Gasteiger partial charge is 0.452 e. The first-order valence-electron chi connectivity index (χ1n) is 9.52. The fraction of sp³-hybridized carbons (Fsp3) is 0.286. The predicted octanol–water partition coefficient (Wildman–Crippen LogP) is 3.25. The van der Waals surface area contributed by atoms with Crippen LogP contribution < -0.4 is 4.31 Å². The second-order valence-corrected chi connectivity index (χ2v) is 9.37. The lowest BCUT2D eigenvalue weighted by molar-refractivity contribution is 0.0429. The maximum Gasteiger partial charge on any atom is 0.338 e. The summed E-state index contributed by atoms with van der Waals surface area (Å²) in [6.45, 7) is 3.22. The van der Waals surface area contributed by atoms with Crippen molar-refractivity contribution in [2.24, 2.45) is 0 Å². The number of sulfonamides is 1. The number of halogens is 1. The lowest BCUT2D eigenvalue weighted by Gasteiger charge is -2.21. The molecule has 3 aromatic rings. The van der Waals surface area contributed by atoms with E-state index in [1.54, 1.807) is 31.2 Å². The zero-order valence-electron chi connectivity index (χ0n) is 17.1. The van der Waals surface area contributed by atoms with Crippen LogP contribution in [0.5, 0.6) is 0 Å². The lowest BCUT2D eigenvalue weighted by Crippen LogP contribution is -2.34. The van der Waals surface area contributed by atoms with Crippen LogP contribution in [0.3, 0.4) is 0 Å². The van der Waals surface area contributed by atoms with Crippen LogP contribution in [0.25, 0.3) is 11.4 Å². The van der Waals surface area contributed by atoms with Gasteiger partial charge in [-0.1, -0.05) is 17.3 Å². The Balaban J connectivity index is 1.45. The van der Waals surface area contributed by atoms with E-state index in [-0.39, 0.29) is 30.2 Å². The maximum atomic E-state index is 13.7. The molecule has 0 saturated heterocycles. The first-order chi connectivity index (χ1) is 14.6. The summed E-state index contributed by atoms with van der Waals surface area (Å²) in [5, 5.41) is 3.79. The molecule has 31 heavy (non-hydrogen) atoms. The van der Waals surface area contributed by atoms with Crippen LogP contribution in [0.2, 0.25) is 0 Å². The minimum Gasteiger partial charge on any atom is -0.452 e. The highest BCUT2D eigenvalue weighted by Crippen LogP contribution is 2.34. The Morgan fingerprint density at radius 1 is 1.29 bits per heavy atom. The predicted molar refractivity (Wildman–Crippen MR) is 110 cm³/mol. The van der Waals surface area contributed by atoms with Crippen LogP contribution in [0.4, 0.5) is 10.1 Å². The van der Waals surface area contributed by atoms with Gasteiger partial charge in [-0.2, -0.15) is 4.98 Å². The van der Waals surface area contributed by atoms with Crippen LogP contribution in [0, 0.1) is 12.7 Å². The molecule has 1 aromatic heterocycles. The highest BCUT2D eigenvalue weighted by atomic mass is 32.2. The third-order valence-corrected chi connectivity index (χ3v) is 6.32. The van der Waals surface area contributed by atoms with Gasteiger partial charge in [-0.25, -0.2) is 17.6 Å². The Hall–Kier alpha value is -3.27. The fourth-order valence-electron chi connectivity index (χ4n) is 3.61. The van der Waals surface area contributed by atoms with E-state index in [0.29, 0.717) is 28.8 Å². The fourth-order valence-corrected chi connectivity index (χ4v) is 4.87. The summed E-state index contributed by atoms with van der Waals surface area (Å²) in [5.41, 5.74) is 2.58. The number of carbonyl (C=O) groups excluding carboxylic acids is 1. The van der Waals surface area contributed by atoms with E-state index in [4.69, 9.17) is 9.26 Å². The average molecular weight is 445 g/mol. The molecule has 0 bridgehead atoms. The molecule has 2 aromatic carbocycles. The van der Waals surface area contributed by atoms with Gasteiger partial charge in [-0.15, -0.1) is 0 Å². The average Bonchev–Trinajstić information content (AvgIpc) is 3.30. The molecule has 0 radical (unpaired) electrons. The number of aromatic nitrogens is 2. The summed E-state index contributed by atoms with van der Waals surface area (Å²) in [6.07, 6.45) is 1.66. The summed E-state index contributed by atoms with van der Waals surface area (Å²) in [4.78, 5) is 16.6. The van der Waals surface area contributed by atoms with Gasteiger partial charge in [0, 0.05) is 11.6 Å². The number of hydrogen-bond acceptors (Lipinski definition) is 7. The number of rotatable bonds is 5. The molecule has 162 valence electrons. The first-order valence-corrected chi connectivity index (χ1v) is 11.4. The van der Waals surface area contributed by atoms with Gasteiger partial charge in [-0.05, 0) is 55.7 Å². The number of anilines is 1. The molecule has 0 spiro atoms. The van der Waals surface area contributed by atoms with Crippen molar-refractivity contribution in [2.45, 2.75) is 32.9 Å². The number of carbonyl (C=O) groups is 1. The van der Waals surface area contributed by atoms with Gasteiger partial charge in [0.25, 0.3) is 5.89 Å². The van der Waals surface area contributed by atoms with E-state index >= 15 is 0 Å². The van der Waals surface area contributed by atoms with Crippen LogP contribution >= 0.6 is 0 Å². The third kappa shape index (κ3) is 4.15. The monoisotopic (exact) mass is 445 g/mol. The topological polar surface area (TPSA) is 103 Å². The Morgan fingerprint density at radius 3 is 2.77 bits per heavy atom. The molecule has 0 fully saturated rings. The molecule has 1 aliphatic rings. The Morgan fingerprint density at radius 2 is 2.06 bits per heavy atom. The molecule has 8 nitrogen and oxygen atoms in total. The number of hydrogen-bond donors (Lipinski definition) is 0. The van der Waals surface area contributed by atoms with Crippen LogP contribution in [0.1, 0.15) is 34.3 Å². The molecule has 10 heteroatoms. The Bertz CT molecular complexity index is 1270. The van der Waals surface area contributed by atoms with Gasteiger partial charge in [0.15, 0.2) is 6.61 Å². The van der Waals surface area contributed by atoms with E-state index in [9.17, 15) is 17.6 Å². The molecule has 0 amide bonds. The zero-order valence-corrected chi connectivity index (χ0v) is 17.9. The Kier molecular flexibility index (Phi) is 5.26. The number of ether oxygens (including phenoxy) is 1. The molecule has 1 unspecified atom stereocenters. The molecule has 4 rings (SSSR count). The summed E-state index contributed by atoms with van der Waals surface area (Å²) in [6, 6.07) is 9.12. The summed E-state index contributed by atoms with van der Waals surface area (Å²) < 4.78 is 49.4. The van der Waals surface area contributed by atoms with Gasteiger partial charge in [0.05, 0.1) is 17.5 Å². The van der Waals surface area contributed by atoms with Gasteiger partial charge in [0.1, 0.15) is 5.82 Å². The summed E-state index contributed by atoms with van der Waals surface area (Å²) in [5.74, 6) is -0.718. The second-order valence-electron chi connectivity index (χ2n) is 7.51. The van der Waals surface area contributed by atoms with Crippen molar-refractivity contribution in [3.8, 4) is 11.4 Å². The van der Waals surface area contributed by atoms with Crippen molar-refractivity contribution in [2.75, 3.05) is 10.6 Å². The van der Waals surface area contributed by atoms with Crippen molar-refractivity contribution >= 4 is 21.7 Å². The van der Waals surface area contributed by atoms with Crippen molar-refractivity contribution in [3.05, 3.63) is 64.8 Å². The second kappa shape index (κ2) is 7.77. The van der Waals surface area contributed by atoms with Crippen molar-refractivity contribution in [1.29, 1.82) is 0 Å². The summed E-state index contributed by atoms with van der Waals surface area (Å²) in [7, 11) is -3.40. The smallest absolute Gasteiger partial charge is 0.338 e. The molecule has 1 aliphatic heterocycles. The SMILES string of the molecule is Cc1ccc(-c2noc(COC(=O)c3ccc4c(c3)CC(C)N4S(C)(=O)=O)n2)cc1F. The number of esters is 1. The number of aryl methyl sites for hydroxylation is 1. The van der Waals surface area contributed by atoms with Gasteiger partial charge < -0.3 is 9.26 Å². The third-order valence-electron chi connectivity index (χ3n) is 5.05. The maximum absolute atomic E-state index is 13.7. The lowest BCUT2D eigenvalue weighted by atomic mass is 10.1. The Labute approximate surface area is 178 Å². The van der Waals surface area contributed by atoms with E-state index < -0.39 is 16.0 Å². The van der Waals surface area contributed by atoms with E-state index in [1.807, 2.05) is 6.92 Å². The number of nitrogens with zero attached hydrogens (tertiary/aromatic N) is 3. The van der Waals surface area contributed by atoms with E-state index in [1.165, 1.54) is 16.4 Å². The molecule has 0 aliphatic carbocycles. The van der Waals surface area contributed by atoms with Gasteiger partial charge in [0.2, 0.25) is 15.8 Å². The molecule has 0 saturated carbocycles. The first kappa shape index (κ1) is 21.0. The minimum atomic E-state index is -3.40. The highest BCUT2D eigenvalue weighted by molar-refractivity contribution is 7.92. The minimum absolute atomic E-state index is 0.0716. The van der Waals surface area contributed by atoms with Crippen LogP contribution in [-0.2, 0) is 27.8 Å². The number of benzene rings is 2. The van der Waals surface area contributed by atoms with Crippen molar-refractivity contribution in [3.63, 3.8) is 0 Å². The highest BCUT2D eigenvalue weighted by Gasteiger charge is 2.33. The number of fused-ring (bicyclic) bond motifs is 1. The molecule has 2 heterocycles. The van der Waals surface area contributed by atoms with Crippen LogP contribution in [-0.4, -0.2) is 36.8 Å². The standard InChI is InChI=1S/C21H20FN3O5S/c1-12-4-5-14(10-17(12)22)20-23-19(30-24-20)11-29-21(26)15-6-7-18-16(9-15)8-13(2)25(18)31(3,27)28/h4-7,9-10,13H,8,11H2,1-3H3. The molecular formula is C21H20FN3O5S. The van der Waals surface area contributed by atoms with Crippen LogP contribution in [0.15, 0.2) is 40.9 Å². The van der Waals surface area contributed by atoms with Gasteiger partial charge in [-0.3, -0.25) is 4.31 Å². The molecule has 0 N–H and O–H groups in total. The molecule has 1 atom stereocenters. The molecular weight excluding hydrogens is 425 g/mol. The zero-order chi connectivity index (χ0) is 22.3. The van der Waals surface area contributed by atoms with Crippen molar-refractivity contribution < 1.29 is 26.9 Å². The quantitative estimate of drug-likeness (QED) is 0.556.